The number of aliphatic hydroxyl groups is 1. The highest BCUT2D eigenvalue weighted by molar-refractivity contribution is 9.10. The largest absolute Gasteiger partial charge is 0.485 e. The number of aliphatic hydroxyl groups excluding tert-OH is 1. The van der Waals surface area contributed by atoms with Gasteiger partial charge in [0, 0.05) is 16.5 Å². The van der Waals surface area contributed by atoms with Crippen molar-refractivity contribution in [3.05, 3.63) is 62.8 Å². The van der Waals surface area contributed by atoms with Gasteiger partial charge in [-0.05, 0) is 35.9 Å². The molecule has 5 heteroatoms. The van der Waals surface area contributed by atoms with Crippen molar-refractivity contribution in [2.24, 2.45) is 0 Å². The summed E-state index contributed by atoms with van der Waals surface area (Å²) in [4.78, 5) is 0. The fourth-order valence-corrected chi connectivity index (χ4v) is 2.90. The van der Waals surface area contributed by atoms with E-state index in [1.54, 1.807) is 12.1 Å². The van der Waals surface area contributed by atoms with Gasteiger partial charge in [0.05, 0.1) is 11.1 Å². The predicted molar refractivity (Wildman–Crippen MR) is 78.5 cm³/mol. The van der Waals surface area contributed by atoms with E-state index >= 15 is 0 Å². The third kappa shape index (κ3) is 2.55. The van der Waals surface area contributed by atoms with E-state index in [0.29, 0.717) is 12.2 Å². The van der Waals surface area contributed by atoms with Crippen LogP contribution in [-0.4, -0.2) is 5.11 Å². The smallest absolute Gasteiger partial charge is 0.141 e. The Labute approximate surface area is 129 Å². The number of fused-ring (bicyclic) bond motifs is 1. The van der Waals surface area contributed by atoms with E-state index in [1.807, 2.05) is 12.1 Å². The average molecular weight is 358 g/mol. The number of ether oxygens (including phenoxy) is 1. The quantitative estimate of drug-likeness (QED) is 0.794. The molecule has 2 atom stereocenters. The summed E-state index contributed by atoms with van der Waals surface area (Å²) in [5.41, 5.74) is 1.51. The average Bonchev–Trinajstić information content (AvgIpc) is 2.42. The third-order valence-corrected chi connectivity index (χ3v) is 4.14. The molecular formula is C15H11BrClFO2. The van der Waals surface area contributed by atoms with Gasteiger partial charge in [-0.3, -0.25) is 0 Å². The summed E-state index contributed by atoms with van der Waals surface area (Å²) < 4.78 is 20.0. The van der Waals surface area contributed by atoms with Crippen LogP contribution >= 0.6 is 27.5 Å². The monoisotopic (exact) mass is 356 g/mol. The van der Waals surface area contributed by atoms with Crippen molar-refractivity contribution in [1.82, 2.24) is 0 Å². The van der Waals surface area contributed by atoms with Crippen LogP contribution in [0.1, 0.15) is 29.8 Å². The van der Waals surface area contributed by atoms with Crippen molar-refractivity contribution in [2.75, 3.05) is 0 Å². The van der Waals surface area contributed by atoms with Crippen molar-refractivity contribution >= 4 is 27.5 Å². The minimum atomic E-state index is -0.620. The van der Waals surface area contributed by atoms with Crippen LogP contribution in [0.5, 0.6) is 5.75 Å². The van der Waals surface area contributed by atoms with E-state index in [1.165, 1.54) is 12.1 Å². The lowest BCUT2D eigenvalue weighted by Gasteiger charge is -2.30. The molecule has 20 heavy (non-hydrogen) atoms. The lowest BCUT2D eigenvalue weighted by molar-refractivity contribution is 0.0656. The zero-order valence-corrected chi connectivity index (χ0v) is 12.7. The van der Waals surface area contributed by atoms with Crippen molar-refractivity contribution < 1.29 is 14.2 Å². The minimum absolute atomic E-state index is 0.0576. The molecule has 1 aliphatic rings. The fourth-order valence-electron chi connectivity index (χ4n) is 2.33. The van der Waals surface area contributed by atoms with Crippen molar-refractivity contribution in [3.63, 3.8) is 0 Å². The maximum Gasteiger partial charge on any atom is 0.141 e. The van der Waals surface area contributed by atoms with E-state index in [4.69, 9.17) is 16.3 Å². The second-order valence-electron chi connectivity index (χ2n) is 4.71. The molecule has 0 saturated carbocycles. The summed E-state index contributed by atoms with van der Waals surface area (Å²) in [5, 5.41) is 10.3. The molecule has 0 aliphatic carbocycles. The maximum absolute atomic E-state index is 13.2. The maximum atomic E-state index is 13.2. The Kier molecular flexibility index (Phi) is 3.71. The van der Waals surface area contributed by atoms with Gasteiger partial charge in [-0.15, -0.1) is 0 Å². The molecule has 0 fully saturated rings. The molecule has 0 radical (unpaired) electrons. The molecule has 2 nitrogen and oxygen atoms in total. The Bertz CT molecular complexity index is 662. The van der Waals surface area contributed by atoms with Crippen molar-refractivity contribution in [1.29, 1.82) is 0 Å². The van der Waals surface area contributed by atoms with E-state index in [9.17, 15) is 9.50 Å². The molecule has 1 unspecified atom stereocenters. The first-order valence-corrected chi connectivity index (χ1v) is 7.31. The first-order chi connectivity index (χ1) is 9.54. The first kappa shape index (κ1) is 13.9. The van der Waals surface area contributed by atoms with E-state index < -0.39 is 11.9 Å². The third-order valence-electron chi connectivity index (χ3n) is 3.35. The van der Waals surface area contributed by atoms with Gasteiger partial charge in [0.25, 0.3) is 0 Å². The lowest BCUT2D eigenvalue weighted by Crippen LogP contribution is -2.19. The first-order valence-electron chi connectivity index (χ1n) is 6.13. The van der Waals surface area contributed by atoms with Crippen LogP contribution in [0.25, 0.3) is 0 Å². The number of halogens is 3. The van der Waals surface area contributed by atoms with Gasteiger partial charge in [0.15, 0.2) is 0 Å². The van der Waals surface area contributed by atoms with Crippen LogP contribution in [0.15, 0.2) is 40.9 Å². The van der Waals surface area contributed by atoms with E-state index in [-0.39, 0.29) is 11.1 Å². The zero-order valence-electron chi connectivity index (χ0n) is 10.3. The molecule has 1 heterocycles. The van der Waals surface area contributed by atoms with Crippen LogP contribution < -0.4 is 4.74 Å². The number of hydrogen-bond donors (Lipinski definition) is 1. The van der Waals surface area contributed by atoms with Gasteiger partial charge < -0.3 is 9.84 Å². The summed E-state index contributed by atoms with van der Waals surface area (Å²) in [7, 11) is 0. The summed E-state index contributed by atoms with van der Waals surface area (Å²) in [6.07, 6.45) is -0.548. The summed E-state index contributed by atoms with van der Waals surface area (Å²) in [6, 6.07) is 9.98. The molecule has 0 aromatic heterocycles. The Hall–Kier alpha value is -1.10. The molecule has 0 spiro atoms. The van der Waals surface area contributed by atoms with Crippen LogP contribution in [0.4, 0.5) is 4.39 Å². The normalized spacial score (nSPS) is 21.2. The highest BCUT2D eigenvalue weighted by atomic mass is 79.9. The molecule has 3 rings (SSSR count). The van der Waals surface area contributed by atoms with Crippen molar-refractivity contribution in [2.45, 2.75) is 18.6 Å². The Morgan fingerprint density at radius 3 is 2.80 bits per heavy atom. The van der Waals surface area contributed by atoms with Crippen LogP contribution in [-0.2, 0) is 0 Å². The molecule has 0 amide bonds. The van der Waals surface area contributed by atoms with Gasteiger partial charge in [-0.1, -0.05) is 33.6 Å². The molecule has 1 N–H and O–H groups in total. The van der Waals surface area contributed by atoms with Crippen LogP contribution in [0, 0.1) is 5.82 Å². The zero-order chi connectivity index (χ0) is 14.3. The molecule has 0 saturated heterocycles. The molecular weight excluding hydrogens is 347 g/mol. The van der Waals surface area contributed by atoms with E-state index in [2.05, 4.69) is 15.9 Å². The van der Waals surface area contributed by atoms with Gasteiger partial charge >= 0.3 is 0 Å². The van der Waals surface area contributed by atoms with Crippen LogP contribution in [0.3, 0.4) is 0 Å². The molecule has 104 valence electrons. The SMILES string of the molecule is O[C@H]1CC(c2ccc(F)c(Cl)c2)Oc2ccc(Br)cc21. The summed E-state index contributed by atoms with van der Waals surface area (Å²) >= 11 is 9.16. The van der Waals surface area contributed by atoms with Crippen LogP contribution in [0.2, 0.25) is 5.02 Å². The number of benzene rings is 2. The molecule has 2 aromatic rings. The van der Waals surface area contributed by atoms with Gasteiger partial charge in [0.2, 0.25) is 0 Å². The number of hydrogen-bond acceptors (Lipinski definition) is 2. The van der Waals surface area contributed by atoms with Gasteiger partial charge in [0.1, 0.15) is 17.7 Å². The highest BCUT2D eigenvalue weighted by Crippen LogP contribution is 2.42. The number of rotatable bonds is 1. The Morgan fingerprint density at radius 2 is 2.05 bits per heavy atom. The summed E-state index contributed by atoms with van der Waals surface area (Å²) in [6.45, 7) is 0. The van der Waals surface area contributed by atoms with E-state index in [0.717, 1.165) is 15.6 Å². The second-order valence-corrected chi connectivity index (χ2v) is 6.04. The predicted octanol–water partition coefficient (Wildman–Crippen LogP) is 4.80. The molecule has 1 aliphatic heterocycles. The Morgan fingerprint density at radius 1 is 1.25 bits per heavy atom. The summed E-state index contributed by atoms with van der Waals surface area (Å²) in [5.74, 6) is 0.175. The standard InChI is InChI=1S/C15H11BrClFO2/c16-9-2-4-14-10(6-9)13(19)7-15(20-14)8-1-3-12(18)11(17)5-8/h1-6,13,15,19H,7H2/t13-,15?/m0/s1. The van der Waals surface area contributed by atoms with Gasteiger partial charge in [-0.25, -0.2) is 4.39 Å². The highest BCUT2D eigenvalue weighted by Gasteiger charge is 2.28. The Balaban J connectivity index is 1.94. The lowest BCUT2D eigenvalue weighted by atomic mass is 9.95. The van der Waals surface area contributed by atoms with Crippen molar-refractivity contribution in [3.8, 4) is 5.75 Å². The second kappa shape index (κ2) is 5.35. The fraction of sp³-hybridized carbons (Fsp3) is 0.200. The topological polar surface area (TPSA) is 29.5 Å². The molecule has 2 aromatic carbocycles. The minimum Gasteiger partial charge on any atom is -0.485 e. The van der Waals surface area contributed by atoms with Gasteiger partial charge in [-0.2, -0.15) is 0 Å². The molecule has 0 bridgehead atoms.